The van der Waals surface area contributed by atoms with Crippen LogP contribution in [0.3, 0.4) is 0 Å². The van der Waals surface area contributed by atoms with Gasteiger partial charge in [-0.3, -0.25) is 19.2 Å². The van der Waals surface area contributed by atoms with Gasteiger partial charge >= 0.3 is 5.97 Å². The number of nitrogens with two attached hydrogens (primary N) is 1. The first-order valence-corrected chi connectivity index (χ1v) is 5.74. The van der Waals surface area contributed by atoms with Crippen molar-refractivity contribution in [1.29, 1.82) is 0 Å². The van der Waals surface area contributed by atoms with Crippen molar-refractivity contribution in [3.05, 3.63) is 0 Å². The summed E-state index contributed by atoms with van der Waals surface area (Å²) < 4.78 is 0. The molecule has 10 nitrogen and oxygen atoms in total. The normalized spacial score (nSPS) is 14.2. The van der Waals surface area contributed by atoms with E-state index in [2.05, 4.69) is 15.5 Å². The van der Waals surface area contributed by atoms with Crippen molar-refractivity contribution < 1.29 is 28.8 Å². The lowest BCUT2D eigenvalue weighted by atomic mass is 10.4. The minimum absolute atomic E-state index is 0.0103. The smallest absolute Gasteiger partial charge is 0.346 e. The van der Waals surface area contributed by atoms with Gasteiger partial charge in [0.15, 0.2) is 0 Å². The molecular weight excluding hydrogens is 272 g/mol. The van der Waals surface area contributed by atoms with Crippen LogP contribution in [0, 0.1) is 0 Å². The van der Waals surface area contributed by atoms with Crippen molar-refractivity contribution in [2.75, 3.05) is 19.6 Å². The summed E-state index contributed by atoms with van der Waals surface area (Å²) in [6.45, 7) is -1.13. The van der Waals surface area contributed by atoms with Crippen molar-refractivity contribution in [1.82, 2.24) is 15.7 Å². The Kier molecular flexibility index (Phi) is 5.59. The SMILES string of the molecule is NCC(=O)NCC(=O)NCC(=O)ON1C(=O)CCC1=O. The first kappa shape index (κ1) is 15.6. The summed E-state index contributed by atoms with van der Waals surface area (Å²) in [5.74, 6) is -3.33. The van der Waals surface area contributed by atoms with E-state index >= 15 is 0 Å². The number of carbonyl (C=O) groups is 5. The third-order valence-corrected chi connectivity index (χ3v) is 2.26. The fraction of sp³-hybridized carbons (Fsp3) is 0.500. The monoisotopic (exact) mass is 286 g/mol. The summed E-state index contributed by atoms with van der Waals surface area (Å²) >= 11 is 0. The average molecular weight is 286 g/mol. The van der Waals surface area contributed by atoms with E-state index in [-0.39, 0.29) is 25.9 Å². The second-order valence-electron chi connectivity index (χ2n) is 3.80. The summed E-state index contributed by atoms with van der Waals surface area (Å²) in [5.41, 5.74) is 5.01. The molecule has 110 valence electrons. The van der Waals surface area contributed by atoms with Gasteiger partial charge in [0, 0.05) is 12.8 Å². The predicted molar refractivity (Wildman–Crippen MR) is 62.3 cm³/mol. The quantitative estimate of drug-likeness (QED) is 0.435. The molecule has 1 aliphatic heterocycles. The van der Waals surface area contributed by atoms with Crippen molar-refractivity contribution in [3.8, 4) is 0 Å². The summed E-state index contributed by atoms with van der Waals surface area (Å²) in [7, 11) is 0. The first-order chi connectivity index (χ1) is 9.43. The Bertz CT molecular complexity index is 433. The maximum absolute atomic E-state index is 11.3. The molecule has 1 fully saturated rings. The van der Waals surface area contributed by atoms with E-state index < -0.39 is 36.1 Å². The molecule has 0 aromatic heterocycles. The third kappa shape index (κ3) is 4.65. The third-order valence-electron chi connectivity index (χ3n) is 2.26. The molecule has 0 spiro atoms. The van der Waals surface area contributed by atoms with Gasteiger partial charge in [-0.15, -0.1) is 5.06 Å². The fourth-order valence-electron chi connectivity index (χ4n) is 1.28. The van der Waals surface area contributed by atoms with Gasteiger partial charge in [-0.05, 0) is 0 Å². The van der Waals surface area contributed by atoms with Crippen LogP contribution in [-0.2, 0) is 28.8 Å². The van der Waals surface area contributed by atoms with Crippen molar-refractivity contribution in [2.45, 2.75) is 12.8 Å². The van der Waals surface area contributed by atoms with Crippen molar-refractivity contribution in [2.24, 2.45) is 5.73 Å². The van der Waals surface area contributed by atoms with Crippen LogP contribution >= 0.6 is 0 Å². The lowest BCUT2D eigenvalue weighted by Crippen LogP contribution is -2.42. The van der Waals surface area contributed by atoms with Gasteiger partial charge in [-0.2, -0.15) is 0 Å². The Morgan fingerprint density at radius 2 is 1.60 bits per heavy atom. The highest BCUT2D eigenvalue weighted by molar-refractivity contribution is 6.01. The maximum Gasteiger partial charge on any atom is 0.352 e. The number of nitrogens with zero attached hydrogens (tertiary/aromatic N) is 1. The first-order valence-electron chi connectivity index (χ1n) is 5.74. The molecule has 10 heteroatoms. The Hall–Kier alpha value is -2.49. The van der Waals surface area contributed by atoms with Gasteiger partial charge in [-0.1, -0.05) is 0 Å². The second kappa shape index (κ2) is 7.19. The highest BCUT2D eigenvalue weighted by Crippen LogP contribution is 2.11. The largest absolute Gasteiger partial charge is 0.352 e. The molecule has 0 aromatic rings. The summed E-state index contributed by atoms with van der Waals surface area (Å²) in [5, 5.41) is 4.72. The summed E-state index contributed by atoms with van der Waals surface area (Å²) in [6, 6.07) is 0. The summed E-state index contributed by atoms with van der Waals surface area (Å²) in [6.07, 6.45) is -0.0206. The second-order valence-corrected chi connectivity index (χ2v) is 3.80. The fourth-order valence-corrected chi connectivity index (χ4v) is 1.28. The number of amides is 4. The van der Waals surface area contributed by atoms with Crippen LogP contribution in [0.2, 0.25) is 0 Å². The zero-order chi connectivity index (χ0) is 15.1. The van der Waals surface area contributed by atoms with Crippen LogP contribution in [-0.4, -0.2) is 54.3 Å². The van der Waals surface area contributed by atoms with Crippen LogP contribution in [0.25, 0.3) is 0 Å². The molecule has 20 heavy (non-hydrogen) atoms. The molecular formula is C10H14N4O6. The molecule has 1 aliphatic rings. The van der Waals surface area contributed by atoms with Crippen LogP contribution < -0.4 is 16.4 Å². The Morgan fingerprint density at radius 1 is 1.05 bits per heavy atom. The average Bonchev–Trinajstić information content (AvgIpc) is 2.74. The number of imide groups is 1. The van der Waals surface area contributed by atoms with Crippen molar-refractivity contribution >= 4 is 29.6 Å². The Balaban J connectivity index is 2.26. The van der Waals surface area contributed by atoms with E-state index in [0.717, 1.165) is 0 Å². The Labute approximate surface area is 113 Å². The van der Waals surface area contributed by atoms with Crippen LogP contribution in [0.5, 0.6) is 0 Å². The summed E-state index contributed by atoms with van der Waals surface area (Å²) in [4.78, 5) is 60.1. The standard InChI is InChI=1S/C10H14N4O6/c11-3-6(15)12-4-7(16)13-5-10(19)20-14-8(17)1-2-9(14)18/h1-5,11H2,(H,12,15)(H,13,16). The molecule has 0 aliphatic carbocycles. The topological polar surface area (TPSA) is 148 Å². The van der Waals surface area contributed by atoms with Gasteiger partial charge in [0.05, 0.1) is 13.1 Å². The van der Waals surface area contributed by atoms with E-state index in [0.29, 0.717) is 5.06 Å². The van der Waals surface area contributed by atoms with Gasteiger partial charge in [0.1, 0.15) is 6.54 Å². The predicted octanol–water partition coefficient (Wildman–Crippen LogP) is -3.22. The number of hydrogen-bond donors (Lipinski definition) is 3. The van der Waals surface area contributed by atoms with E-state index in [1.165, 1.54) is 0 Å². The zero-order valence-corrected chi connectivity index (χ0v) is 10.5. The molecule has 4 amide bonds. The van der Waals surface area contributed by atoms with E-state index in [1.807, 2.05) is 0 Å². The van der Waals surface area contributed by atoms with E-state index in [1.54, 1.807) is 0 Å². The maximum atomic E-state index is 11.3. The molecule has 0 radical (unpaired) electrons. The Morgan fingerprint density at radius 3 is 2.15 bits per heavy atom. The zero-order valence-electron chi connectivity index (χ0n) is 10.5. The van der Waals surface area contributed by atoms with E-state index in [4.69, 9.17) is 5.73 Å². The minimum Gasteiger partial charge on any atom is -0.346 e. The van der Waals surface area contributed by atoms with Gasteiger partial charge in [0.2, 0.25) is 11.8 Å². The molecule has 0 unspecified atom stereocenters. The van der Waals surface area contributed by atoms with E-state index in [9.17, 15) is 24.0 Å². The molecule has 1 saturated heterocycles. The lowest BCUT2D eigenvalue weighted by Gasteiger charge is -2.12. The molecule has 0 bridgehead atoms. The molecule has 1 heterocycles. The molecule has 1 rings (SSSR count). The van der Waals surface area contributed by atoms with Crippen LogP contribution in [0.4, 0.5) is 0 Å². The number of carbonyl (C=O) groups excluding carboxylic acids is 5. The molecule has 0 saturated carbocycles. The minimum atomic E-state index is -0.966. The molecule has 4 N–H and O–H groups in total. The highest BCUT2D eigenvalue weighted by atomic mass is 16.7. The van der Waals surface area contributed by atoms with Gasteiger partial charge < -0.3 is 21.2 Å². The highest BCUT2D eigenvalue weighted by Gasteiger charge is 2.32. The van der Waals surface area contributed by atoms with Crippen LogP contribution in [0.15, 0.2) is 0 Å². The van der Waals surface area contributed by atoms with Crippen molar-refractivity contribution in [3.63, 3.8) is 0 Å². The molecule has 0 aromatic carbocycles. The van der Waals surface area contributed by atoms with Gasteiger partial charge in [-0.25, -0.2) is 4.79 Å². The number of hydroxylamine groups is 2. The number of rotatable bonds is 6. The number of nitrogens with one attached hydrogen (secondary N) is 2. The lowest BCUT2D eigenvalue weighted by molar-refractivity contribution is -0.196. The van der Waals surface area contributed by atoms with Gasteiger partial charge in [0.25, 0.3) is 11.8 Å². The number of hydrogen-bond acceptors (Lipinski definition) is 7. The van der Waals surface area contributed by atoms with Crippen LogP contribution in [0.1, 0.15) is 12.8 Å². The molecule has 0 atom stereocenters.